The van der Waals surface area contributed by atoms with E-state index < -0.39 is 5.91 Å². The molecule has 0 aliphatic carbocycles. The van der Waals surface area contributed by atoms with Crippen LogP contribution in [0.4, 0.5) is 5.69 Å². The van der Waals surface area contributed by atoms with Crippen molar-refractivity contribution in [2.75, 3.05) is 25.4 Å². The lowest BCUT2D eigenvalue weighted by Gasteiger charge is -2.31. The Hall–Kier alpha value is -3.48. The number of nitrogens with two attached hydrogens (primary N) is 3. The van der Waals surface area contributed by atoms with Crippen molar-refractivity contribution in [1.82, 2.24) is 10.2 Å². The van der Waals surface area contributed by atoms with Gasteiger partial charge in [0.1, 0.15) is 5.70 Å². The number of amides is 2. The third-order valence-electron chi connectivity index (χ3n) is 5.03. The van der Waals surface area contributed by atoms with Gasteiger partial charge in [-0.1, -0.05) is 37.3 Å². The molecule has 1 aliphatic rings. The summed E-state index contributed by atoms with van der Waals surface area (Å²) in [6.45, 7) is 4.05. The summed E-state index contributed by atoms with van der Waals surface area (Å²) in [5.41, 5.74) is 21.6. The average Bonchev–Trinajstić information content (AvgIpc) is 2.69. The lowest BCUT2D eigenvalue weighted by molar-refractivity contribution is -0.117. The van der Waals surface area contributed by atoms with E-state index in [1.54, 1.807) is 18.2 Å². The van der Waals surface area contributed by atoms with E-state index in [0.717, 1.165) is 37.1 Å². The Morgan fingerprint density at radius 3 is 2.48 bits per heavy atom. The fourth-order valence-corrected chi connectivity index (χ4v) is 3.17. The standard InChI is InChI=1S/C22H27N5O2/c1-2-10-26-21(28)20(25)19(24)17-9-4-8-16(18(17)23)14-6-3-7-15(13-14)22(29)27-11-5-12-27/h3-4,6-9,13H,2,5,10-12,23-25H2,1H3,(H,26,28)/b20-19+. The quantitative estimate of drug-likeness (QED) is 0.440. The van der Waals surface area contributed by atoms with Gasteiger partial charge >= 0.3 is 0 Å². The van der Waals surface area contributed by atoms with Crippen molar-refractivity contribution in [2.45, 2.75) is 19.8 Å². The monoisotopic (exact) mass is 393 g/mol. The molecule has 2 aromatic rings. The van der Waals surface area contributed by atoms with Crippen LogP contribution in [0.1, 0.15) is 35.7 Å². The van der Waals surface area contributed by atoms with E-state index in [2.05, 4.69) is 5.32 Å². The topological polar surface area (TPSA) is 127 Å². The number of nitrogen functional groups attached to an aromatic ring is 1. The van der Waals surface area contributed by atoms with Crippen LogP contribution in [0.3, 0.4) is 0 Å². The minimum absolute atomic E-state index is 0.0177. The predicted octanol–water partition coefficient (Wildman–Crippen LogP) is 1.89. The number of benzene rings is 2. The number of rotatable bonds is 6. The number of hydrogen-bond acceptors (Lipinski definition) is 5. The van der Waals surface area contributed by atoms with Gasteiger partial charge in [-0.25, -0.2) is 0 Å². The Balaban J connectivity index is 1.95. The molecule has 1 aliphatic heterocycles. The van der Waals surface area contributed by atoms with Gasteiger partial charge < -0.3 is 27.4 Å². The zero-order valence-corrected chi connectivity index (χ0v) is 16.6. The normalized spacial score (nSPS) is 14.0. The second kappa shape index (κ2) is 8.68. The fraction of sp³-hybridized carbons (Fsp3) is 0.273. The van der Waals surface area contributed by atoms with Crippen molar-refractivity contribution in [1.29, 1.82) is 0 Å². The van der Waals surface area contributed by atoms with Crippen molar-refractivity contribution in [3.63, 3.8) is 0 Å². The summed E-state index contributed by atoms with van der Waals surface area (Å²) in [5, 5.41) is 2.71. The van der Waals surface area contributed by atoms with Crippen LogP contribution < -0.4 is 22.5 Å². The molecule has 2 amide bonds. The van der Waals surface area contributed by atoms with Gasteiger partial charge in [-0.15, -0.1) is 0 Å². The number of hydrogen-bond donors (Lipinski definition) is 4. The molecule has 1 fully saturated rings. The van der Waals surface area contributed by atoms with Crippen molar-refractivity contribution in [2.24, 2.45) is 11.5 Å². The van der Waals surface area contributed by atoms with Gasteiger partial charge in [0.05, 0.1) is 5.70 Å². The minimum atomic E-state index is -0.420. The lowest BCUT2D eigenvalue weighted by atomic mass is 9.96. The van der Waals surface area contributed by atoms with Crippen LogP contribution in [0.5, 0.6) is 0 Å². The van der Waals surface area contributed by atoms with Crippen molar-refractivity contribution in [3.05, 3.63) is 59.3 Å². The molecular formula is C22H27N5O2. The van der Waals surface area contributed by atoms with Gasteiger partial charge in [0, 0.05) is 42.0 Å². The molecule has 1 saturated heterocycles. The highest BCUT2D eigenvalue weighted by Gasteiger charge is 2.22. The van der Waals surface area contributed by atoms with Gasteiger partial charge in [-0.3, -0.25) is 9.59 Å². The zero-order chi connectivity index (χ0) is 21.0. The molecule has 152 valence electrons. The fourth-order valence-electron chi connectivity index (χ4n) is 3.17. The molecule has 1 heterocycles. The summed E-state index contributed by atoms with van der Waals surface area (Å²) in [5.74, 6) is -0.402. The summed E-state index contributed by atoms with van der Waals surface area (Å²) >= 11 is 0. The second-order valence-electron chi connectivity index (χ2n) is 7.08. The molecule has 2 aromatic carbocycles. The number of nitrogens with zero attached hydrogens (tertiary/aromatic N) is 1. The van der Waals surface area contributed by atoms with Gasteiger partial charge in [0.25, 0.3) is 11.8 Å². The first-order valence-corrected chi connectivity index (χ1v) is 9.76. The van der Waals surface area contributed by atoms with Crippen LogP contribution in [0, 0.1) is 0 Å². The summed E-state index contributed by atoms with van der Waals surface area (Å²) in [6.07, 6.45) is 1.84. The van der Waals surface area contributed by atoms with E-state index in [1.807, 2.05) is 36.1 Å². The Labute approximate surface area is 170 Å². The Morgan fingerprint density at radius 1 is 1.10 bits per heavy atom. The van der Waals surface area contributed by atoms with Crippen LogP contribution in [-0.4, -0.2) is 36.3 Å². The van der Waals surface area contributed by atoms with Gasteiger partial charge in [0.2, 0.25) is 0 Å². The van der Waals surface area contributed by atoms with Crippen LogP contribution >= 0.6 is 0 Å². The number of carbonyl (C=O) groups excluding carboxylic acids is 2. The molecule has 3 rings (SSSR count). The van der Waals surface area contributed by atoms with Crippen molar-refractivity contribution in [3.8, 4) is 11.1 Å². The summed E-state index contributed by atoms with van der Waals surface area (Å²) in [4.78, 5) is 26.5. The maximum atomic E-state index is 12.5. The first-order valence-electron chi connectivity index (χ1n) is 9.76. The highest BCUT2D eigenvalue weighted by atomic mass is 16.2. The van der Waals surface area contributed by atoms with E-state index in [1.165, 1.54) is 0 Å². The van der Waals surface area contributed by atoms with Crippen LogP contribution in [0.2, 0.25) is 0 Å². The van der Waals surface area contributed by atoms with E-state index >= 15 is 0 Å². The number of para-hydroxylation sites is 1. The maximum Gasteiger partial charge on any atom is 0.269 e. The van der Waals surface area contributed by atoms with E-state index in [0.29, 0.717) is 23.4 Å². The second-order valence-corrected chi connectivity index (χ2v) is 7.08. The molecule has 0 atom stereocenters. The van der Waals surface area contributed by atoms with Crippen LogP contribution in [0.25, 0.3) is 16.8 Å². The van der Waals surface area contributed by atoms with E-state index in [4.69, 9.17) is 17.2 Å². The first kappa shape index (κ1) is 20.3. The molecule has 29 heavy (non-hydrogen) atoms. The summed E-state index contributed by atoms with van der Waals surface area (Å²) in [7, 11) is 0. The van der Waals surface area contributed by atoms with E-state index in [9.17, 15) is 9.59 Å². The predicted molar refractivity (Wildman–Crippen MR) is 115 cm³/mol. The third kappa shape index (κ3) is 4.18. The number of nitrogens with one attached hydrogen (secondary N) is 1. The third-order valence-corrected chi connectivity index (χ3v) is 5.03. The molecule has 0 spiro atoms. The number of carbonyl (C=O) groups is 2. The van der Waals surface area contributed by atoms with Crippen molar-refractivity contribution < 1.29 is 9.59 Å². The largest absolute Gasteiger partial charge is 0.398 e. The Kier molecular flexibility index (Phi) is 6.07. The average molecular weight is 393 g/mol. The van der Waals surface area contributed by atoms with Gasteiger partial charge in [-0.2, -0.15) is 0 Å². The molecule has 0 bridgehead atoms. The smallest absolute Gasteiger partial charge is 0.269 e. The highest BCUT2D eigenvalue weighted by molar-refractivity contribution is 6.02. The molecule has 0 unspecified atom stereocenters. The van der Waals surface area contributed by atoms with Crippen LogP contribution in [0.15, 0.2) is 48.2 Å². The SMILES string of the molecule is CCCNC(=O)/C(N)=C(\N)c1cccc(-c2cccc(C(=O)N3CCC3)c2)c1N. The molecule has 0 aromatic heterocycles. The lowest BCUT2D eigenvalue weighted by Crippen LogP contribution is -2.41. The summed E-state index contributed by atoms with van der Waals surface area (Å²) in [6, 6.07) is 12.7. The van der Waals surface area contributed by atoms with E-state index in [-0.39, 0.29) is 17.3 Å². The highest BCUT2D eigenvalue weighted by Crippen LogP contribution is 2.32. The summed E-state index contributed by atoms with van der Waals surface area (Å²) < 4.78 is 0. The molecule has 7 heteroatoms. The zero-order valence-electron chi connectivity index (χ0n) is 16.6. The molecule has 7 nitrogen and oxygen atoms in total. The van der Waals surface area contributed by atoms with Crippen LogP contribution in [-0.2, 0) is 4.79 Å². The first-order chi connectivity index (χ1) is 13.9. The number of anilines is 1. The Bertz CT molecular complexity index is 963. The minimum Gasteiger partial charge on any atom is -0.398 e. The maximum absolute atomic E-state index is 12.5. The molecule has 7 N–H and O–H groups in total. The molecular weight excluding hydrogens is 366 g/mol. The van der Waals surface area contributed by atoms with Gasteiger partial charge in [-0.05, 0) is 30.5 Å². The molecule has 0 saturated carbocycles. The molecule has 0 radical (unpaired) electrons. The Morgan fingerprint density at radius 2 is 1.83 bits per heavy atom. The number of likely N-dealkylation sites (tertiary alicyclic amines) is 1. The van der Waals surface area contributed by atoms with Crippen molar-refractivity contribution >= 4 is 23.2 Å². The van der Waals surface area contributed by atoms with Gasteiger partial charge in [0.15, 0.2) is 0 Å².